The fraction of sp³-hybridized carbons (Fsp3) is 0.0909. The lowest BCUT2D eigenvalue weighted by atomic mass is 10.0. The molecule has 1 nitrogen and oxygen atoms in total. The van der Waals surface area contributed by atoms with Crippen LogP contribution in [0.2, 0.25) is 13.7 Å². The molecule has 90 valence electrons. The zero-order valence-electron chi connectivity index (χ0n) is 8.25. The van der Waals surface area contributed by atoms with Gasteiger partial charge in [0.05, 0.1) is 4.34 Å². The largest absolute Gasteiger partial charge is 0.384 e. The van der Waals surface area contributed by atoms with E-state index in [1.54, 1.807) is 6.07 Å². The molecule has 2 rings (SSSR count). The van der Waals surface area contributed by atoms with Crippen LogP contribution in [0.25, 0.3) is 0 Å². The number of hydrogen-bond acceptors (Lipinski definition) is 2. The van der Waals surface area contributed by atoms with Gasteiger partial charge in [0.25, 0.3) is 0 Å². The Morgan fingerprint density at radius 2 is 1.82 bits per heavy atom. The molecular weight excluding hydrogens is 306 g/mol. The lowest BCUT2D eigenvalue weighted by molar-refractivity contribution is 0.221. The summed E-state index contributed by atoms with van der Waals surface area (Å²) < 4.78 is 13.8. The van der Waals surface area contributed by atoms with E-state index in [2.05, 4.69) is 0 Å². The number of aliphatic hydroxyl groups excluding tert-OH is 1. The Labute approximate surface area is 116 Å². The zero-order chi connectivity index (χ0) is 12.6. The van der Waals surface area contributed by atoms with Crippen molar-refractivity contribution in [3.63, 3.8) is 0 Å². The highest BCUT2D eigenvalue weighted by atomic mass is 35.5. The molecule has 1 unspecified atom stereocenters. The Balaban J connectivity index is 2.43. The summed E-state index contributed by atoms with van der Waals surface area (Å²) >= 11 is 18.7. The standard InChI is InChI=1S/C11H6Cl3FOS/c12-8-3-5(15)1-2-6(8)10(16)7-4-9(13)17-11(7)14/h1-4,10,16H. The van der Waals surface area contributed by atoms with Crippen molar-refractivity contribution in [2.75, 3.05) is 0 Å². The first-order chi connectivity index (χ1) is 7.99. The van der Waals surface area contributed by atoms with Gasteiger partial charge in [0.1, 0.15) is 16.3 Å². The number of rotatable bonds is 2. The fourth-order valence-corrected chi connectivity index (χ4v) is 3.22. The molecule has 2 aromatic rings. The van der Waals surface area contributed by atoms with Gasteiger partial charge in [-0.2, -0.15) is 0 Å². The van der Waals surface area contributed by atoms with Gasteiger partial charge >= 0.3 is 0 Å². The maximum absolute atomic E-state index is 12.9. The van der Waals surface area contributed by atoms with Crippen molar-refractivity contribution >= 4 is 46.1 Å². The molecule has 6 heteroatoms. The molecule has 0 aliphatic rings. The van der Waals surface area contributed by atoms with Gasteiger partial charge in [0.2, 0.25) is 0 Å². The summed E-state index contributed by atoms with van der Waals surface area (Å²) in [6.45, 7) is 0. The minimum absolute atomic E-state index is 0.149. The monoisotopic (exact) mass is 310 g/mol. The number of halogens is 4. The van der Waals surface area contributed by atoms with Crippen LogP contribution >= 0.6 is 46.1 Å². The maximum Gasteiger partial charge on any atom is 0.124 e. The van der Waals surface area contributed by atoms with Crippen LogP contribution in [0.1, 0.15) is 17.2 Å². The van der Waals surface area contributed by atoms with Gasteiger partial charge in [-0.3, -0.25) is 0 Å². The molecule has 0 spiro atoms. The third-order valence-electron chi connectivity index (χ3n) is 2.23. The number of benzene rings is 1. The SMILES string of the molecule is OC(c1ccc(F)cc1Cl)c1cc(Cl)sc1Cl. The highest BCUT2D eigenvalue weighted by Gasteiger charge is 2.19. The number of hydrogen-bond donors (Lipinski definition) is 1. The normalized spacial score (nSPS) is 12.8. The molecule has 1 aromatic heterocycles. The predicted molar refractivity (Wildman–Crippen MR) is 69.8 cm³/mol. The lowest BCUT2D eigenvalue weighted by Gasteiger charge is -2.11. The quantitative estimate of drug-likeness (QED) is 0.834. The third kappa shape index (κ3) is 2.75. The summed E-state index contributed by atoms with van der Waals surface area (Å²) in [5, 5.41) is 10.3. The Morgan fingerprint density at radius 3 is 2.35 bits per heavy atom. The molecule has 0 amide bonds. The molecule has 0 saturated heterocycles. The maximum atomic E-state index is 12.9. The molecule has 0 fully saturated rings. The van der Waals surface area contributed by atoms with Crippen LogP contribution < -0.4 is 0 Å². The van der Waals surface area contributed by atoms with E-state index in [1.807, 2.05) is 0 Å². The average molecular weight is 312 g/mol. The smallest absolute Gasteiger partial charge is 0.124 e. The summed E-state index contributed by atoms with van der Waals surface area (Å²) in [7, 11) is 0. The van der Waals surface area contributed by atoms with Crippen LogP contribution in [-0.4, -0.2) is 5.11 Å². The Morgan fingerprint density at radius 1 is 1.12 bits per heavy atom. The molecule has 0 aliphatic carbocycles. The molecule has 0 saturated carbocycles. The lowest BCUT2D eigenvalue weighted by Crippen LogP contribution is -2.00. The van der Waals surface area contributed by atoms with Crippen LogP contribution in [0.5, 0.6) is 0 Å². The molecule has 0 bridgehead atoms. The second-order valence-electron chi connectivity index (χ2n) is 3.35. The van der Waals surface area contributed by atoms with Crippen molar-refractivity contribution in [1.29, 1.82) is 0 Å². The second kappa shape index (κ2) is 5.12. The van der Waals surface area contributed by atoms with E-state index < -0.39 is 11.9 Å². The molecule has 0 aliphatic heterocycles. The van der Waals surface area contributed by atoms with Gasteiger partial charge in [0, 0.05) is 16.1 Å². The second-order valence-corrected chi connectivity index (χ2v) is 6.04. The van der Waals surface area contributed by atoms with Crippen molar-refractivity contribution in [3.8, 4) is 0 Å². The first-order valence-corrected chi connectivity index (χ1v) is 6.52. The topological polar surface area (TPSA) is 20.2 Å². The van der Waals surface area contributed by atoms with E-state index in [0.29, 0.717) is 19.8 Å². The van der Waals surface area contributed by atoms with E-state index in [-0.39, 0.29) is 5.02 Å². The molecule has 1 atom stereocenters. The molecule has 0 radical (unpaired) electrons. The number of thiophene rings is 1. The van der Waals surface area contributed by atoms with Gasteiger partial charge in [-0.15, -0.1) is 11.3 Å². The van der Waals surface area contributed by atoms with E-state index >= 15 is 0 Å². The molecule has 1 heterocycles. The minimum atomic E-state index is -1.01. The van der Waals surface area contributed by atoms with Crippen molar-refractivity contribution in [2.45, 2.75) is 6.10 Å². The summed E-state index contributed by atoms with van der Waals surface area (Å²) in [4.78, 5) is 0. The molecule has 17 heavy (non-hydrogen) atoms. The number of aliphatic hydroxyl groups is 1. The fourth-order valence-electron chi connectivity index (χ4n) is 1.43. The predicted octanol–water partition coefficient (Wildman–Crippen LogP) is 4.93. The summed E-state index contributed by atoms with van der Waals surface area (Å²) in [5.74, 6) is -0.458. The molecular formula is C11H6Cl3FOS. The Hall–Kier alpha value is -0.320. The van der Waals surface area contributed by atoms with Gasteiger partial charge < -0.3 is 5.11 Å². The molecule has 1 aromatic carbocycles. The van der Waals surface area contributed by atoms with Gasteiger partial charge in [-0.05, 0) is 18.2 Å². The van der Waals surface area contributed by atoms with Gasteiger partial charge in [-0.1, -0.05) is 40.9 Å². The van der Waals surface area contributed by atoms with Crippen molar-refractivity contribution < 1.29 is 9.50 Å². The Bertz CT molecular complexity index is 556. The highest BCUT2D eigenvalue weighted by Crippen LogP contribution is 2.39. The van der Waals surface area contributed by atoms with Crippen molar-refractivity contribution in [1.82, 2.24) is 0 Å². The Kier molecular flexibility index (Phi) is 3.95. The zero-order valence-corrected chi connectivity index (χ0v) is 11.3. The van der Waals surface area contributed by atoms with Crippen molar-refractivity contribution in [2.24, 2.45) is 0 Å². The van der Waals surface area contributed by atoms with Crippen LogP contribution in [0.15, 0.2) is 24.3 Å². The van der Waals surface area contributed by atoms with E-state index in [1.165, 1.54) is 12.1 Å². The first-order valence-electron chi connectivity index (χ1n) is 4.57. The van der Waals surface area contributed by atoms with Crippen LogP contribution in [0.4, 0.5) is 4.39 Å². The first kappa shape index (κ1) is 13.1. The van der Waals surface area contributed by atoms with Crippen LogP contribution in [0.3, 0.4) is 0 Å². The van der Waals surface area contributed by atoms with Crippen molar-refractivity contribution in [3.05, 3.63) is 54.9 Å². The summed E-state index contributed by atoms with van der Waals surface area (Å²) in [6, 6.07) is 5.36. The van der Waals surface area contributed by atoms with E-state index in [4.69, 9.17) is 34.8 Å². The summed E-state index contributed by atoms with van der Waals surface area (Å²) in [6.07, 6.45) is -1.01. The molecule has 1 N–H and O–H groups in total. The van der Waals surface area contributed by atoms with Crippen LogP contribution in [-0.2, 0) is 0 Å². The minimum Gasteiger partial charge on any atom is -0.384 e. The van der Waals surface area contributed by atoms with Crippen LogP contribution in [0, 0.1) is 5.82 Å². The highest BCUT2D eigenvalue weighted by molar-refractivity contribution is 7.20. The van der Waals surface area contributed by atoms with E-state index in [0.717, 1.165) is 17.4 Å². The van der Waals surface area contributed by atoms with Gasteiger partial charge in [-0.25, -0.2) is 4.39 Å². The summed E-state index contributed by atoms with van der Waals surface area (Å²) in [5.41, 5.74) is 0.861. The van der Waals surface area contributed by atoms with Gasteiger partial charge in [0.15, 0.2) is 0 Å². The third-order valence-corrected chi connectivity index (χ3v) is 4.08. The van der Waals surface area contributed by atoms with E-state index in [9.17, 15) is 9.50 Å². The average Bonchev–Trinajstić information content (AvgIpc) is 2.57.